The summed E-state index contributed by atoms with van der Waals surface area (Å²) >= 11 is 3.62. The molecule has 6 rings (SSSR count). The van der Waals surface area contributed by atoms with Crippen molar-refractivity contribution < 1.29 is 33.8 Å². The van der Waals surface area contributed by atoms with E-state index in [1.165, 1.54) is 4.90 Å². The summed E-state index contributed by atoms with van der Waals surface area (Å²) in [5.74, 6) is -4.09. The third-order valence-corrected chi connectivity index (χ3v) is 11.0. The maximum absolute atomic E-state index is 15.2. The van der Waals surface area contributed by atoms with Gasteiger partial charge in [-0.1, -0.05) is 84.4 Å². The maximum atomic E-state index is 15.2. The van der Waals surface area contributed by atoms with Crippen molar-refractivity contribution in [3.05, 3.63) is 87.9 Å². The standard InChI is InChI=1S/C38H44BrN3O7/c1-21(2)28(20-43)42-34-36(46)41(27-18-22(3)15-16-23(27)4)17-11-7-10-14-29(44)40-24(5)32(25-12-8-6-9-13-25)48-37(47)30-31(35(42)45)38(34)19-26(39)33(30)49-38/h6-9,11-13,15-16,18-19,21,24,28,30-34,43H,10,14,17,20H2,1-5H3,(H,40,44)/b11-7-/t24-,28-,30+,31-,32+,33+,34+,38-/m0/s1. The van der Waals surface area contributed by atoms with Crippen molar-refractivity contribution in [2.24, 2.45) is 17.8 Å². The summed E-state index contributed by atoms with van der Waals surface area (Å²) in [4.78, 5) is 60.6. The molecular weight excluding hydrogens is 690 g/mol. The zero-order valence-corrected chi connectivity index (χ0v) is 30.1. The van der Waals surface area contributed by atoms with Crippen molar-refractivity contribution in [3.8, 4) is 0 Å². The lowest BCUT2D eigenvalue weighted by atomic mass is 9.74. The van der Waals surface area contributed by atoms with Crippen molar-refractivity contribution in [1.29, 1.82) is 0 Å². The Bertz CT molecular complexity index is 1690. The molecule has 260 valence electrons. The van der Waals surface area contributed by atoms with Gasteiger partial charge in [0.05, 0.1) is 24.6 Å². The largest absolute Gasteiger partial charge is 0.455 e. The molecule has 0 radical (unpaired) electrons. The summed E-state index contributed by atoms with van der Waals surface area (Å²) in [5.41, 5.74) is 1.68. The van der Waals surface area contributed by atoms with Gasteiger partial charge in [0, 0.05) is 23.1 Å². The van der Waals surface area contributed by atoms with Gasteiger partial charge in [-0.15, -0.1) is 0 Å². The van der Waals surface area contributed by atoms with Gasteiger partial charge in [0.1, 0.15) is 29.8 Å². The fraction of sp³-hybridized carbons (Fsp3) is 0.474. The summed E-state index contributed by atoms with van der Waals surface area (Å²) < 4.78 is 13.5. The number of hydrogen-bond acceptors (Lipinski definition) is 7. The van der Waals surface area contributed by atoms with Crippen molar-refractivity contribution >= 4 is 45.3 Å². The van der Waals surface area contributed by atoms with Gasteiger partial charge < -0.3 is 29.7 Å². The van der Waals surface area contributed by atoms with E-state index in [1.54, 1.807) is 17.9 Å². The van der Waals surface area contributed by atoms with Gasteiger partial charge in [0.2, 0.25) is 11.8 Å². The maximum Gasteiger partial charge on any atom is 0.313 e. The quantitative estimate of drug-likeness (QED) is 0.338. The van der Waals surface area contributed by atoms with Gasteiger partial charge >= 0.3 is 5.97 Å². The number of allylic oxidation sites excluding steroid dienone is 1. The Morgan fingerprint density at radius 2 is 1.76 bits per heavy atom. The molecule has 4 aliphatic rings. The summed E-state index contributed by atoms with van der Waals surface area (Å²) in [5, 5.41) is 13.7. The highest BCUT2D eigenvalue weighted by atomic mass is 79.9. The van der Waals surface area contributed by atoms with Gasteiger partial charge in [0.15, 0.2) is 0 Å². The summed E-state index contributed by atoms with van der Waals surface area (Å²) in [6, 6.07) is 12.5. The number of fused-ring (bicyclic) bond motifs is 2. The number of cyclic esters (lactones) is 1. The fourth-order valence-electron chi connectivity index (χ4n) is 7.87. The van der Waals surface area contributed by atoms with Crippen LogP contribution in [0.2, 0.25) is 0 Å². The second-order valence-electron chi connectivity index (χ2n) is 13.9. The van der Waals surface area contributed by atoms with Crippen LogP contribution in [0.15, 0.2) is 71.2 Å². The van der Waals surface area contributed by atoms with E-state index in [0.717, 1.165) is 11.1 Å². The van der Waals surface area contributed by atoms with Gasteiger partial charge in [-0.3, -0.25) is 19.2 Å². The number of nitrogens with one attached hydrogen (secondary N) is 1. The van der Waals surface area contributed by atoms with Gasteiger partial charge in [-0.2, -0.15) is 0 Å². The number of aryl methyl sites for hydroxylation is 2. The molecule has 1 spiro atoms. The predicted molar refractivity (Wildman–Crippen MR) is 187 cm³/mol. The molecular formula is C38H44BrN3O7. The molecule has 10 nitrogen and oxygen atoms in total. The summed E-state index contributed by atoms with van der Waals surface area (Å²) in [7, 11) is 0. The minimum atomic E-state index is -1.50. The normalized spacial score (nSPS) is 31.8. The molecule has 4 heterocycles. The predicted octanol–water partition coefficient (Wildman–Crippen LogP) is 4.67. The zero-order chi connectivity index (χ0) is 35.2. The number of benzene rings is 2. The molecule has 0 aliphatic carbocycles. The molecule has 0 unspecified atom stereocenters. The molecule has 49 heavy (non-hydrogen) atoms. The van der Waals surface area contributed by atoms with Crippen LogP contribution < -0.4 is 10.2 Å². The number of nitrogens with zero attached hydrogens (tertiary/aromatic N) is 2. The minimum Gasteiger partial charge on any atom is -0.455 e. The van der Waals surface area contributed by atoms with Crippen molar-refractivity contribution in [2.45, 2.75) is 83.4 Å². The Hall–Kier alpha value is -3.80. The van der Waals surface area contributed by atoms with Crippen molar-refractivity contribution in [1.82, 2.24) is 10.2 Å². The average Bonchev–Trinajstić information content (AvgIpc) is 3.66. The molecule has 8 atom stereocenters. The number of aliphatic hydroxyl groups is 1. The van der Waals surface area contributed by atoms with E-state index in [2.05, 4.69) is 21.2 Å². The van der Waals surface area contributed by atoms with Gasteiger partial charge in [0.25, 0.3) is 5.91 Å². The van der Waals surface area contributed by atoms with Crippen LogP contribution in [-0.4, -0.2) is 76.7 Å². The smallest absolute Gasteiger partial charge is 0.313 e. The first kappa shape index (κ1) is 35.0. The van der Waals surface area contributed by atoms with Crippen LogP contribution >= 0.6 is 15.9 Å². The van der Waals surface area contributed by atoms with Crippen LogP contribution in [0.4, 0.5) is 5.69 Å². The lowest BCUT2D eigenvalue weighted by Gasteiger charge is -2.40. The second kappa shape index (κ2) is 13.8. The van der Waals surface area contributed by atoms with E-state index in [0.29, 0.717) is 22.2 Å². The number of likely N-dealkylation sites (tertiary alicyclic amines) is 1. The first-order valence-electron chi connectivity index (χ1n) is 17.0. The molecule has 2 aromatic carbocycles. The molecule has 2 saturated heterocycles. The number of aliphatic hydroxyl groups excluding tert-OH is 1. The van der Waals surface area contributed by atoms with E-state index in [9.17, 15) is 19.5 Å². The van der Waals surface area contributed by atoms with Crippen LogP contribution in [0, 0.1) is 31.6 Å². The van der Waals surface area contributed by atoms with Crippen molar-refractivity contribution in [2.75, 3.05) is 18.1 Å². The number of halogens is 1. The molecule has 4 aliphatic heterocycles. The molecule has 5 bridgehead atoms. The Kier molecular flexibility index (Phi) is 9.90. The van der Waals surface area contributed by atoms with Gasteiger partial charge in [-0.05, 0) is 61.9 Å². The average molecular weight is 735 g/mol. The van der Waals surface area contributed by atoms with Crippen LogP contribution in [0.5, 0.6) is 0 Å². The Balaban J connectivity index is 1.52. The highest BCUT2D eigenvalue weighted by Gasteiger charge is 2.75. The van der Waals surface area contributed by atoms with E-state index >= 15 is 4.79 Å². The van der Waals surface area contributed by atoms with E-state index in [4.69, 9.17) is 9.47 Å². The monoisotopic (exact) mass is 733 g/mol. The van der Waals surface area contributed by atoms with Gasteiger partial charge in [-0.25, -0.2) is 0 Å². The van der Waals surface area contributed by atoms with Crippen LogP contribution in [0.1, 0.15) is 56.4 Å². The minimum absolute atomic E-state index is 0.168. The number of rotatable bonds is 5. The molecule has 2 fully saturated rings. The Labute approximate surface area is 295 Å². The molecule has 0 aromatic heterocycles. The lowest BCUT2D eigenvalue weighted by molar-refractivity contribution is -0.162. The SMILES string of the molecule is Cc1ccc(C)c(N2C/C=C\CCC(=O)N[C@@H](C)[C@H](c3ccccc3)OC(=O)[C@H]3[C@@H]4O[C@@]5(C=C4Br)[C@@H]3C(=O)N([C@@H](CO)C(C)C)[C@@H]5C2=O)c1. The fourth-order valence-corrected chi connectivity index (χ4v) is 8.60. The van der Waals surface area contributed by atoms with Crippen LogP contribution in [0.3, 0.4) is 0 Å². The number of hydrogen-bond donors (Lipinski definition) is 2. The number of carbonyl (C=O) groups is 4. The molecule has 0 saturated carbocycles. The van der Waals surface area contributed by atoms with Crippen LogP contribution in [0.25, 0.3) is 0 Å². The third-order valence-electron chi connectivity index (χ3n) is 10.3. The molecule has 3 amide bonds. The summed E-state index contributed by atoms with van der Waals surface area (Å²) in [6.45, 7) is 9.23. The number of carbonyl (C=O) groups excluding carboxylic acids is 4. The number of ether oxygens (including phenoxy) is 2. The topological polar surface area (TPSA) is 125 Å². The zero-order valence-electron chi connectivity index (χ0n) is 28.5. The summed E-state index contributed by atoms with van der Waals surface area (Å²) in [6.07, 6.45) is 4.40. The molecule has 11 heteroatoms. The lowest BCUT2D eigenvalue weighted by Crippen LogP contribution is -2.59. The number of esters is 1. The van der Waals surface area contributed by atoms with E-state index < -0.39 is 65.6 Å². The van der Waals surface area contributed by atoms with Crippen molar-refractivity contribution in [3.63, 3.8) is 0 Å². The highest BCUT2D eigenvalue weighted by molar-refractivity contribution is 9.11. The van der Waals surface area contributed by atoms with E-state index in [-0.39, 0.29) is 31.4 Å². The van der Waals surface area contributed by atoms with Crippen LogP contribution in [-0.2, 0) is 28.7 Å². The first-order chi connectivity index (χ1) is 23.4. The van der Waals surface area contributed by atoms with E-state index in [1.807, 2.05) is 88.4 Å². The Morgan fingerprint density at radius 3 is 2.45 bits per heavy atom. The Morgan fingerprint density at radius 1 is 1.02 bits per heavy atom. The first-order valence-corrected chi connectivity index (χ1v) is 17.8. The molecule has 2 aromatic rings. The third kappa shape index (κ3) is 6.14. The number of amides is 3. The highest BCUT2D eigenvalue weighted by Crippen LogP contribution is 2.59. The second-order valence-corrected chi connectivity index (χ2v) is 14.9. The number of anilines is 1. The molecule has 2 N–H and O–H groups in total.